The average Bonchev–Trinajstić information content (AvgIpc) is 2.44. The standard InChI is InChI=1S/C17H19BrClNO/c1-3-8-20-11-13-4-6-16(12(2)9-13)21-17-7-5-14(19)10-15(17)18/h4-7,9-10,20H,3,8,11H2,1-2H3. The maximum absolute atomic E-state index is 5.95. The normalized spacial score (nSPS) is 10.7. The zero-order valence-corrected chi connectivity index (χ0v) is 14.6. The Labute approximate surface area is 139 Å². The second-order valence-electron chi connectivity index (χ2n) is 4.95. The average molecular weight is 369 g/mol. The number of hydrogen-bond donors (Lipinski definition) is 1. The quantitative estimate of drug-likeness (QED) is 0.660. The van der Waals surface area contributed by atoms with Gasteiger partial charge in [-0.15, -0.1) is 0 Å². The van der Waals surface area contributed by atoms with Crippen LogP contribution in [-0.4, -0.2) is 6.54 Å². The summed E-state index contributed by atoms with van der Waals surface area (Å²) in [6, 6.07) is 11.8. The van der Waals surface area contributed by atoms with Crippen molar-refractivity contribution in [3.8, 4) is 11.5 Å². The molecule has 0 aromatic heterocycles. The van der Waals surface area contributed by atoms with Crippen molar-refractivity contribution in [2.45, 2.75) is 26.8 Å². The van der Waals surface area contributed by atoms with E-state index in [9.17, 15) is 0 Å². The van der Waals surface area contributed by atoms with Gasteiger partial charge in [-0.05, 0) is 71.2 Å². The number of rotatable bonds is 6. The third kappa shape index (κ3) is 4.73. The molecule has 112 valence electrons. The molecule has 0 heterocycles. The summed E-state index contributed by atoms with van der Waals surface area (Å²) in [5.41, 5.74) is 2.39. The highest BCUT2D eigenvalue weighted by Crippen LogP contribution is 2.33. The first-order chi connectivity index (χ1) is 10.1. The molecule has 0 atom stereocenters. The van der Waals surface area contributed by atoms with Crippen molar-refractivity contribution < 1.29 is 4.74 Å². The van der Waals surface area contributed by atoms with Gasteiger partial charge in [-0.3, -0.25) is 0 Å². The zero-order chi connectivity index (χ0) is 15.2. The maximum atomic E-state index is 5.95. The zero-order valence-electron chi connectivity index (χ0n) is 12.2. The van der Waals surface area contributed by atoms with Crippen molar-refractivity contribution in [3.05, 3.63) is 57.0 Å². The Morgan fingerprint density at radius 2 is 1.90 bits per heavy atom. The molecule has 4 heteroatoms. The van der Waals surface area contributed by atoms with Crippen LogP contribution in [0.3, 0.4) is 0 Å². The Balaban J connectivity index is 2.10. The summed E-state index contributed by atoms with van der Waals surface area (Å²) in [7, 11) is 0. The third-order valence-corrected chi connectivity index (χ3v) is 3.96. The summed E-state index contributed by atoms with van der Waals surface area (Å²) in [5, 5.41) is 4.08. The molecule has 0 aliphatic heterocycles. The number of hydrogen-bond acceptors (Lipinski definition) is 2. The van der Waals surface area contributed by atoms with E-state index in [0.717, 1.165) is 41.0 Å². The Bertz CT molecular complexity index is 616. The first kappa shape index (κ1) is 16.3. The Hall–Kier alpha value is -1.03. The molecule has 0 amide bonds. The number of aryl methyl sites for hydroxylation is 1. The monoisotopic (exact) mass is 367 g/mol. The Morgan fingerprint density at radius 1 is 1.14 bits per heavy atom. The summed E-state index contributed by atoms with van der Waals surface area (Å²) in [6.07, 6.45) is 1.14. The van der Waals surface area contributed by atoms with Crippen molar-refractivity contribution in [2.75, 3.05) is 6.54 Å². The van der Waals surface area contributed by atoms with Gasteiger partial charge in [-0.2, -0.15) is 0 Å². The minimum Gasteiger partial charge on any atom is -0.456 e. The smallest absolute Gasteiger partial charge is 0.141 e. The highest BCUT2D eigenvalue weighted by atomic mass is 79.9. The van der Waals surface area contributed by atoms with E-state index >= 15 is 0 Å². The highest BCUT2D eigenvalue weighted by Gasteiger charge is 2.06. The molecule has 0 saturated carbocycles. The molecule has 2 nitrogen and oxygen atoms in total. The molecule has 0 radical (unpaired) electrons. The van der Waals surface area contributed by atoms with E-state index in [-0.39, 0.29) is 0 Å². The van der Waals surface area contributed by atoms with Gasteiger partial charge in [0.1, 0.15) is 11.5 Å². The largest absolute Gasteiger partial charge is 0.456 e. The number of nitrogens with one attached hydrogen (secondary N) is 1. The van der Waals surface area contributed by atoms with Gasteiger partial charge >= 0.3 is 0 Å². The van der Waals surface area contributed by atoms with Gasteiger partial charge in [0.05, 0.1) is 4.47 Å². The second-order valence-corrected chi connectivity index (χ2v) is 6.24. The Kier molecular flexibility index (Phi) is 6.09. The van der Waals surface area contributed by atoms with E-state index in [4.69, 9.17) is 16.3 Å². The molecular weight excluding hydrogens is 350 g/mol. The van der Waals surface area contributed by atoms with E-state index in [1.54, 1.807) is 0 Å². The van der Waals surface area contributed by atoms with Crippen LogP contribution in [-0.2, 0) is 6.54 Å². The van der Waals surface area contributed by atoms with Gasteiger partial charge in [0.25, 0.3) is 0 Å². The molecule has 0 aliphatic rings. The van der Waals surface area contributed by atoms with Gasteiger partial charge < -0.3 is 10.1 Å². The van der Waals surface area contributed by atoms with Crippen LogP contribution < -0.4 is 10.1 Å². The van der Waals surface area contributed by atoms with Gasteiger partial charge in [-0.1, -0.05) is 30.7 Å². The first-order valence-corrected chi connectivity index (χ1v) is 8.20. The molecule has 2 aromatic rings. The van der Waals surface area contributed by atoms with Crippen LogP contribution >= 0.6 is 27.5 Å². The van der Waals surface area contributed by atoms with E-state index in [1.807, 2.05) is 24.3 Å². The van der Waals surface area contributed by atoms with E-state index in [1.165, 1.54) is 5.56 Å². The van der Waals surface area contributed by atoms with Crippen LogP contribution in [0.15, 0.2) is 40.9 Å². The summed E-state index contributed by atoms with van der Waals surface area (Å²) in [4.78, 5) is 0. The fourth-order valence-electron chi connectivity index (χ4n) is 2.02. The molecule has 0 unspecified atom stereocenters. The first-order valence-electron chi connectivity index (χ1n) is 7.03. The van der Waals surface area contributed by atoms with E-state index < -0.39 is 0 Å². The number of ether oxygens (including phenoxy) is 1. The van der Waals surface area contributed by atoms with E-state index in [2.05, 4.69) is 47.2 Å². The summed E-state index contributed by atoms with van der Waals surface area (Å²) < 4.78 is 6.80. The number of benzene rings is 2. The number of halogens is 2. The van der Waals surface area contributed by atoms with Gasteiger partial charge in [0.2, 0.25) is 0 Å². The molecule has 21 heavy (non-hydrogen) atoms. The molecule has 2 rings (SSSR count). The van der Waals surface area contributed by atoms with Gasteiger partial charge in [0, 0.05) is 11.6 Å². The summed E-state index contributed by atoms with van der Waals surface area (Å²) >= 11 is 9.41. The van der Waals surface area contributed by atoms with Crippen molar-refractivity contribution >= 4 is 27.5 Å². The van der Waals surface area contributed by atoms with Crippen LogP contribution in [0.5, 0.6) is 11.5 Å². The minimum atomic E-state index is 0.684. The molecule has 0 aliphatic carbocycles. The predicted octanol–water partition coefficient (Wildman–Crippen LogP) is 5.70. The minimum absolute atomic E-state index is 0.684. The fourth-order valence-corrected chi connectivity index (χ4v) is 2.79. The lowest BCUT2D eigenvalue weighted by molar-refractivity contribution is 0.475. The fraction of sp³-hybridized carbons (Fsp3) is 0.294. The molecule has 0 fully saturated rings. The van der Waals surface area contributed by atoms with Crippen molar-refractivity contribution in [3.63, 3.8) is 0 Å². The summed E-state index contributed by atoms with van der Waals surface area (Å²) in [5.74, 6) is 1.62. The van der Waals surface area contributed by atoms with Crippen LogP contribution in [0.1, 0.15) is 24.5 Å². The summed E-state index contributed by atoms with van der Waals surface area (Å²) in [6.45, 7) is 6.15. The lowest BCUT2D eigenvalue weighted by Gasteiger charge is -2.12. The molecule has 1 N–H and O–H groups in total. The van der Waals surface area contributed by atoms with Crippen LogP contribution in [0.25, 0.3) is 0 Å². The van der Waals surface area contributed by atoms with Gasteiger partial charge in [-0.25, -0.2) is 0 Å². The van der Waals surface area contributed by atoms with Gasteiger partial charge in [0.15, 0.2) is 0 Å². The van der Waals surface area contributed by atoms with Crippen LogP contribution in [0.2, 0.25) is 5.02 Å². The molecule has 2 aromatic carbocycles. The SMILES string of the molecule is CCCNCc1ccc(Oc2ccc(Cl)cc2Br)c(C)c1. The molecule has 0 spiro atoms. The Morgan fingerprint density at radius 3 is 2.57 bits per heavy atom. The molecule has 0 saturated heterocycles. The van der Waals surface area contributed by atoms with Crippen molar-refractivity contribution in [1.29, 1.82) is 0 Å². The lowest BCUT2D eigenvalue weighted by atomic mass is 10.1. The topological polar surface area (TPSA) is 21.3 Å². The molecular formula is C17H19BrClNO. The highest BCUT2D eigenvalue weighted by molar-refractivity contribution is 9.10. The predicted molar refractivity (Wildman–Crippen MR) is 92.4 cm³/mol. The second kappa shape index (κ2) is 7.83. The van der Waals surface area contributed by atoms with Crippen molar-refractivity contribution in [1.82, 2.24) is 5.32 Å². The van der Waals surface area contributed by atoms with Crippen molar-refractivity contribution in [2.24, 2.45) is 0 Å². The van der Waals surface area contributed by atoms with E-state index in [0.29, 0.717) is 5.02 Å². The lowest BCUT2D eigenvalue weighted by Crippen LogP contribution is -2.13. The maximum Gasteiger partial charge on any atom is 0.141 e. The van der Waals surface area contributed by atoms with Crippen LogP contribution in [0.4, 0.5) is 0 Å². The van der Waals surface area contributed by atoms with Crippen LogP contribution in [0, 0.1) is 6.92 Å². The third-order valence-electron chi connectivity index (χ3n) is 3.11. The molecule has 0 bridgehead atoms.